The molecule has 1 aromatic rings. The van der Waals surface area contributed by atoms with Crippen molar-refractivity contribution in [2.75, 3.05) is 13.7 Å². The van der Waals surface area contributed by atoms with E-state index in [0.29, 0.717) is 24.1 Å². The SMILES string of the molecule is CCOC1CC(NC(=NC)NCc2cccc(F)c2)C12CCC2.I. The Bertz CT molecular complexity index is 577. The molecule has 0 saturated heterocycles. The highest BCUT2D eigenvalue weighted by Crippen LogP contribution is 2.57. The number of hydrogen-bond donors (Lipinski definition) is 2. The molecule has 2 aliphatic carbocycles. The van der Waals surface area contributed by atoms with Gasteiger partial charge in [-0.2, -0.15) is 0 Å². The fourth-order valence-electron chi connectivity index (χ4n) is 3.83. The number of rotatable bonds is 5. The molecule has 1 aromatic carbocycles. The maximum atomic E-state index is 13.2. The van der Waals surface area contributed by atoms with Gasteiger partial charge >= 0.3 is 0 Å². The molecule has 0 amide bonds. The summed E-state index contributed by atoms with van der Waals surface area (Å²) in [6.07, 6.45) is 5.18. The normalized spacial score (nSPS) is 24.5. The van der Waals surface area contributed by atoms with Crippen LogP contribution in [0.15, 0.2) is 29.3 Å². The summed E-state index contributed by atoms with van der Waals surface area (Å²) >= 11 is 0. The number of aliphatic imine (C=N–C) groups is 1. The lowest BCUT2D eigenvalue weighted by molar-refractivity contribution is -0.168. The van der Waals surface area contributed by atoms with Gasteiger partial charge in [0.15, 0.2) is 5.96 Å². The minimum Gasteiger partial charge on any atom is -0.378 e. The zero-order valence-electron chi connectivity index (χ0n) is 14.3. The van der Waals surface area contributed by atoms with Gasteiger partial charge in [-0.1, -0.05) is 18.6 Å². The number of benzene rings is 1. The molecule has 6 heteroatoms. The average Bonchev–Trinajstić information content (AvgIpc) is 2.47. The molecule has 0 aromatic heterocycles. The van der Waals surface area contributed by atoms with Crippen LogP contribution < -0.4 is 10.6 Å². The largest absolute Gasteiger partial charge is 0.378 e. The molecule has 2 fully saturated rings. The van der Waals surface area contributed by atoms with Gasteiger partial charge in [-0.05, 0) is 43.9 Å². The predicted molar refractivity (Wildman–Crippen MR) is 105 cm³/mol. The van der Waals surface area contributed by atoms with E-state index < -0.39 is 0 Å². The summed E-state index contributed by atoms with van der Waals surface area (Å²) < 4.78 is 19.1. The molecule has 0 bridgehead atoms. The molecule has 24 heavy (non-hydrogen) atoms. The summed E-state index contributed by atoms with van der Waals surface area (Å²) in [6.45, 7) is 3.41. The van der Waals surface area contributed by atoms with Crippen LogP contribution in [0.4, 0.5) is 4.39 Å². The second-order valence-corrected chi connectivity index (χ2v) is 6.52. The van der Waals surface area contributed by atoms with Crippen molar-refractivity contribution in [3.8, 4) is 0 Å². The molecule has 2 N–H and O–H groups in total. The van der Waals surface area contributed by atoms with Gasteiger partial charge in [0.05, 0.1) is 6.10 Å². The highest BCUT2D eigenvalue weighted by Gasteiger charge is 2.59. The van der Waals surface area contributed by atoms with Gasteiger partial charge in [0, 0.05) is 31.7 Å². The highest BCUT2D eigenvalue weighted by atomic mass is 127. The molecule has 2 unspecified atom stereocenters. The summed E-state index contributed by atoms with van der Waals surface area (Å²) in [7, 11) is 1.77. The zero-order chi connectivity index (χ0) is 16.3. The molecule has 0 radical (unpaired) electrons. The first kappa shape index (κ1) is 19.4. The smallest absolute Gasteiger partial charge is 0.191 e. The van der Waals surface area contributed by atoms with E-state index in [1.807, 2.05) is 6.07 Å². The molecule has 2 aliphatic rings. The van der Waals surface area contributed by atoms with Crippen LogP contribution in [0.1, 0.15) is 38.2 Å². The Morgan fingerprint density at radius 2 is 2.21 bits per heavy atom. The fourth-order valence-corrected chi connectivity index (χ4v) is 3.83. The van der Waals surface area contributed by atoms with Crippen molar-refractivity contribution in [3.05, 3.63) is 35.6 Å². The fraction of sp³-hybridized carbons (Fsp3) is 0.611. The molecule has 4 nitrogen and oxygen atoms in total. The van der Waals surface area contributed by atoms with Gasteiger partial charge in [0.2, 0.25) is 0 Å². The Hall–Kier alpha value is -0.890. The second-order valence-electron chi connectivity index (χ2n) is 6.52. The van der Waals surface area contributed by atoms with Crippen molar-refractivity contribution < 1.29 is 9.13 Å². The maximum Gasteiger partial charge on any atom is 0.191 e. The van der Waals surface area contributed by atoms with E-state index in [1.54, 1.807) is 19.2 Å². The third-order valence-corrected chi connectivity index (χ3v) is 5.32. The molecule has 1 spiro atoms. The zero-order valence-corrected chi connectivity index (χ0v) is 16.7. The highest BCUT2D eigenvalue weighted by molar-refractivity contribution is 14.0. The second kappa shape index (κ2) is 8.47. The van der Waals surface area contributed by atoms with Crippen molar-refractivity contribution in [3.63, 3.8) is 0 Å². The molecule has 0 aliphatic heterocycles. The third-order valence-electron chi connectivity index (χ3n) is 5.32. The summed E-state index contributed by atoms with van der Waals surface area (Å²) in [4.78, 5) is 4.30. The van der Waals surface area contributed by atoms with Gasteiger partial charge in [-0.15, -0.1) is 24.0 Å². The molecule has 2 saturated carbocycles. The van der Waals surface area contributed by atoms with Crippen LogP contribution in [-0.4, -0.2) is 31.8 Å². The number of nitrogens with zero attached hydrogens (tertiary/aromatic N) is 1. The van der Waals surface area contributed by atoms with Crippen LogP contribution in [0.5, 0.6) is 0 Å². The predicted octanol–water partition coefficient (Wildman–Crippen LogP) is 3.46. The Balaban J connectivity index is 0.00000208. The minimum absolute atomic E-state index is 0. The number of hydrogen-bond acceptors (Lipinski definition) is 2. The van der Waals surface area contributed by atoms with Crippen molar-refractivity contribution in [1.82, 2.24) is 10.6 Å². The van der Waals surface area contributed by atoms with E-state index in [9.17, 15) is 4.39 Å². The van der Waals surface area contributed by atoms with Crippen molar-refractivity contribution in [1.29, 1.82) is 0 Å². The van der Waals surface area contributed by atoms with Crippen molar-refractivity contribution >= 4 is 29.9 Å². The number of guanidine groups is 1. The monoisotopic (exact) mass is 447 g/mol. The lowest BCUT2D eigenvalue weighted by Crippen LogP contribution is -2.68. The Morgan fingerprint density at radius 3 is 2.79 bits per heavy atom. The molecular weight excluding hydrogens is 420 g/mol. The lowest BCUT2D eigenvalue weighted by Gasteiger charge is -2.61. The van der Waals surface area contributed by atoms with E-state index in [4.69, 9.17) is 4.74 Å². The van der Waals surface area contributed by atoms with Crippen LogP contribution in [0.25, 0.3) is 0 Å². The summed E-state index contributed by atoms with van der Waals surface area (Å²) in [5, 5.41) is 6.81. The molecule has 2 atom stereocenters. The third kappa shape index (κ3) is 3.85. The molecule has 134 valence electrons. The van der Waals surface area contributed by atoms with Gasteiger partial charge < -0.3 is 15.4 Å². The van der Waals surface area contributed by atoms with Gasteiger partial charge in [-0.3, -0.25) is 4.99 Å². The maximum absolute atomic E-state index is 13.2. The van der Waals surface area contributed by atoms with Crippen LogP contribution in [-0.2, 0) is 11.3 Å². The van der Waals surface area contributed by atoms with E-state index in [1.165, 1.54) is 25.3 Å². The van der Waals surface area contributed by atoms with Gasteiger partial charge in [-0.25, -0.2) is 4.39 Å². The summed E-state index contributed by atoms with van der Waals surface area (Å²) in [6, 6.07) is 7.06. The standard InChI is InChI=1S/C18H26FN3O.HI/c1-3-23-16-11-15(18(16)8-5-9-18)22-17(20-2)21-12-13-6-4-7-14(19)10-13;/h4,6-7,10,15-16H,3,5,8-9,11-12H2,1-2H3,(H2,20,21,22);1H. The Kier molecular flexibility index (Phi) is 6.86. The lowest BCUT2D eigenvalue weighted by atomic mass is 9.51. The Labute approximate surface area is 160 Å². The van der Waals surface area contributed by atoms with E-state index in [2.05, 4.69) is 22.5 Å². The average molecular weight is 447 g/mol. The van der Waals surface area contributed by atoms with Crippen LogP contribution in [0.2, 0.25) is 0 Å². The van der Waals surface area contributed by atoms with Gasteiger partial charge in [0.1, 0.15) is 5.82 Å². The van der Waals surface area contributed by atoms with E-state index in [0.717, 1.165) is 24.6 Å². The molecule has 0 heterocycles. The quantitative estimate of drug-likeness (QED) is 0.413. The number of halogens is 2. The molecule has 3 rings (SSSR count). The minimum atomic E-state index is -0.209. The van der Waals surface area contributed by atoms with Crippen LogP contribution >= 0.6 is 24.0 Å². The first-order valence-electron chi connectivity index (χ1n) is 8.51. The number of ether oxygens (including phenoxy) is 1. The summed E-state index contributed by atoms with van der Waals surface area (Å²) in [5.74, 6) is 0.569. The first-order chi connectivity index (χ1) is 11.2. The Morgan fingerprint density at radius 1 is 1.42 bits per heavy atom. The van der Waals surface area contributed by atoms with Crippen molar-refractivity contribution in [2.24, 2.45) is 10.4 Å². The first-order valence-corrected chi connectivity index (χ1v) is 8.51. The van der Waals surface area contributed by atoms with Crippen LogP contribution in [0.3, 0.4) is 0 Å². The topological polar surface area (TPSA) is 45.6 Å². The van der Waals surface area contributed by atoms with E-state index in [-0.39, 0.29) is 29.8 Å². The van der Waals surface area contributed by atoms with Crippen LogP contribution in [0, 0.1) is 11.2 Å². The number of nitrogens with one attached hydrogen (secondary N) is 2. The van der Waals surface area contributed by atoms with Crippen molar-refractivity contribution in [2.45, 2.75) is 51.3 Å². The van der Waals surface area contributed by atoms with Gasteiger partial charge in [0.25, 0.3) is 0 Å². The summed E-state index contributed by atoms with van der Waals surface area (Å²) in [5.41, 5.74) is 1.21. The van der Waals surface area contributed by atoms with E-state index >= 15 is 0 Å². The molecular formula is C18H27FIN3O.